The maximum atomic E-state index is 5.83. The Morgan fingerprint density at radius 3 is 2.40 bits per heavy atom. The van der Waals surface area contributed by atoms with Gasteiger partial charge in [-0.2, -0.15) is 0 Å². The number of hydrogen-bond donors (Lipinski definition) is 1. The molecule has 0 aliphatic rings. The summed E-state index contributed by atoms with van der Waals surface area (Å²) in [7, 11) is 0. The molecule has 1 aromatic carbocycles. The van der Waals surface area contributed by atoms with E-state index < -0.39 is 0 Å². The summed E-state index contributed by atoms with van der Waals surface area (Å²) in [5.74, 6) is 1.75. The Bertz CT molecular complexity index is 340. The van der Waals surface area contributed by atoms with Gasteiger partial charge in [0.05, 0.1) is 6.61 Å². The van der Waals surface area contributed by atoms with Gasteiger partial charge in [0.25, 0.3) is 0 Å². The maximum absolute atomic E-state index is 5.83. The molecule has 4 nitrogen and oxygen atoms in total. The van der Waals surface area contributed by atoms with Crippen LogP contribution >= 0.6 is 0 Å². The molecule has 0 saturated carbocycles. The normalized spacial score (nSPS) is 12.2. The first kappa shape index (κ1) is 16.8. The zero-order valence-corrected chi connectivity index (χ0v) is 12.9. The number of hydrogen-bond acceptors (Lipinski definition) is 4. The van der Waals surface area contributed by atoms with Crippen LogP contribution < -0.4 is 14.8 Å². The molecular formula is C16H27NO3. The fourth-order valence-corrected chi connectivity index (χ4v) is 1.80. The molecule has 0 aliphatic carbocycles. The van der Waals surface area contributed by atoms with E-state index in [-0.39, 0.29) is 6.10 Å². The lowest BCUT2D eigenvalue weighted by Crippen LogP contribution is -2.30. The molecule has 0 spiro atoms. The van der Waals surface area contributed by atoms with Crippen molar-refractivity contribution in [3.05, 3.63) is 24.3 Å². The van der Waals surface area contributed by atoms with Gasteiger partial charge in [-0.25, -0.2) is 0 Å². The van der Waals surface area contributed by atoms with Crippen LogP contribution in [-0.2, 0) is 4.74 Å². The lowest BCUT2D eigenvalue weighted by molar-refractivity contribution is 0.143. The Morgan fingerprint density at radius 1 is 1.05 bits per heavy atom. The van der Waals surface area contributed by atoms with E-state index in [0.717, 1.165) is 44.2 Å². The summed E-state index contributed by atoms with van der Waals surface area (Å²) in [5.41, 5.74) is 0. The van der Waals surface area contributed by atoms with Crippen molar-refractivity contribution in [1.29, 1.82) is 0 Å². The topological polar surface area (TPSA) is 39.7 Å². The molecular weight excluding hydrogens is 254 g/mol. The SMILES string of the molecule is CCOCCCNCC(C)Oc1ccc(OCC)cc1. The van der Waals surface area contributed by atoms with Crippen LogP contribution in [-0.4, -0.2) is 39.0 Å². The van der Waals surface area contributed by atoms with Crippen molar-refractivity contribution >= 4 is 0 Å². The van der Waals surface area contributed by atoms with Crippen LogP contribution in [0.25, 0.3) is 0 Å². The van der Waals surface area contributed by atoms with Crippen LogP contribution in [0.15, 0.2) is 24.3 Å². The largest absolute Gasteiger partial charge is 0.494 e. The fourth-order valence-electron chi connectivity index (χ4n) is 1.80. The summed E-state index contributed by atoms with van der Waals surface area (Å²) >= 11 is 0. The highest BCUT2D eigenvalue weighted by atomic mass is 16.5. The highest BCUT2D eigenvalue weighted by molar-refractivity contribution is 5.31. The lowest BCUT2D eigenvalue weighted by Gasteiger charge is -2.15. The predicted octanol–water partition coefficient (Wildman–Crippen LogP) is 2.87. The van der Waals surface area contributed by atoms with Crippen molar-refractivity contribution in [3.63, 3.8) is 0 Å². The van der Waals surface area contributed by atoms with Crippen LogP contribution in [0.3, 0.4) is 0 Å². The van der Waals surface area contributed by atoms with Gasteiger partial charge in [-0.3, -0.25) is 0 Å². The van der Waals surface area contributed by atoms with Gasteiger partial charge in [0.1, 0.15) is 17.6 Å². The smallest absolute Gasteiger partial charge is 0.120 e. The molecule has 4 heteroatoms. The van der Waals surface area contributed by atoms with Gasteiger partial charge in [-0.1, -0.05) is 0 Å². The minimum atomic E-state index is 0.139. The van der Waals surface area contributed by atoms with E-state index in [4.69, 9.17) is 14.2 Å². The summed E-state index contributed by atoms with van der Waals surface area (Å²) in [4.78, 5) is 0. The van der Waals surface area contributed by atoms with Crippen molar-refractivity contribution in [2.45, 2.75) is 33.3 Å². The molecule has 0 bridgehead atoms. The molecule has 1 unspecified atom stereocenters. The first-order valence-corrected chi connectivity index (χ1v) is 7.44. The molecule has 1 aromatic rings. The van der Waals surface area contributed by atoms with Gasteiger partial charge in [-0.05, 0) is 58.0 Å². The Kier molecular flexibility index (Phi) is 8.83. The van der Waals surface area contributed by atoms with Crippen LogP contribution in [0.1, 0.15) is 27.2 Å². The van der Waals surface area contributed by atoms with E-state index >= 15 is 0 Å². The fraction of sp³-hybridized carbons (Fsp3) is 0.625. The zero-order chi connectivity index (χ0) is 14.6. The van der Waals surface area contributed by atoms with Crippen molar-refractivity contribution in [3.8, 4) is 11.5 Å². The highest BCUT2D eigenvalue weighted by Gasteiger charge is 2.03. The van der Waals surface area contributed by atoms with Gasteiger partial charge in [0, 0.05) is 19.8 Å². The van der Waals surface area contributed by atoms with E-state index in [0.29, 0.717) is 6.61 Å². The molecule has 1 rings (SSSR count). The third-order valence-corrected chi connectivity index (χ3v) is 2.75. The monoisotopic (exact) mass is 281 g/mol. The summed E-state index contributed by atoms with van der Waals surface area (Å²) in [6.07, 6.45) is 1.17. The Morgan fingerprint density at radius 2 is 1.75 bits per heavy atom. The molecule has 0 fully saturated rings. The molecule has 0 aliphatic heterocycles. The predicted molar refractivity (Wildman–Crippen MR) is 81.7 cm³/mol. The minimum Gasteiger partial charge on any atom is -0.494 e. The second kappa shape index (κ2) is 10.5. The van der Waals surface area contributed by atoms with Gasteiger partial charge < -0.3 is 19.5 Å². The van der Waals surface area contributed by atoms with Gasteiger partial charge in [-0.15, -0.1) is 0 Å². The van der Waals surface area contributed by atoms with E-state index in [1.165, 1.54) is 0 Å². The average molecular weight is 281 g/mol. The Hall–Kier alpha value is -1.26. The first-order chi connectivity index (χ1) is 9.76. The van der Waals surface area contributed by atoms with E-state index in [1.54, 1.807) is 0 Å². The van der Waals surface area contributed by atoms with Crippen LogP contribution in [0, 0.1) is 0 Å². The van der Waals surface area contributed by atoms with Crippen LogP contribution in [0.5, 0.6) is 11.5 Å². The molecule has 1 N–H and O–H groups in total. The van der Waals surface area contributed by atoms with E-state index in [1.807, 2.05) is 38.1 Å². The summed E-state index contributed by atoms with van der Waals surface area (Å²) in [6.45, 7) is 10.1. The third-order valence-electron chi connectivity index (χ3n) is 2.75. The van der Waals surface area contributed by atoms with Crippen LogP contribution in [0.4, 0.5) is 0 Å². The standard InChI is InChI=1S/C16H27NO3/c1-4-18-12-6-11-17-13-14(3)20-16-9-7-15(8-10-16)19-5-2/h7-10,14,17H,4-6,11-13H2,1-3H3. The molecule has 0 aromatic heterocycles. The van der Waals surface area contributed by atoms with Crippen LogP contribution in [0.2, 0.25) is 0 Å². The second-order valence-electron chi connectivity index (χ2n) is 4.59. The van der Waals surface area contributed by atoms with Crippen molar-refractivity contribution in [2.75, 3.05) is 32.9 Å². The highest BCUT2D eigenvalue weighted by Crippen LogP contribution is 2.18. The number of ether oxygens (including phenoxy) is 3. The molecule has 1 atom stereocenters. The third kappa shape index (κ3) is 7.36. The molecule has 0 radical (unpaired) electrons. The number of rotatable bonds is 11. The van der Waals surface area contributed by atoms with Gasteiger partial charge in [0.15, 0.2) is 0 Å². The van der Waals surface area contributed by atoms with Gasteiger partial charge >= 0.3 is 0 Å². The molecule has 20 heavy (non-hydrogen) atoms. The summed E-state index contributed by atoms with van der Waals surface area (Å²) in [5, 5.41) is 3.37. The number of benzene rings is 1. The second-order valence-corrected chi connectivity index (χ2v) is 4.59. The molecule has 0 heterocycles. The van der Waals surface area contributed by atoms with Crippen molar-refractivity contribution in [2.24, 2.45) is 0 Å². The number of nitrogens with one attached hydrogen (secondary N) is 1. The minimum absolute atomic E-state index is 0.139. The van der Waals surface area contributed by atoms with E-state index in [2.05, 4.69) is 12.2 Å². The quantitative estimate of drug-likeness (QED) is 0.633. The molecule has 0 saturated heterocycles. The molecule has 0 amide bonds. The van der Waals surface area contributed by atoms with Crippen molar-refractivity contribution in [1.82, 2.24) is 5.32 Å². The lowest BCUT2D eigenvalue weighted by atomic mass is 10.3. The Balaban J connectivity index is 2.16. The molecule has 114 valence electrons. The zero-order valence-electron chi connectivity index (χ0n) is 12.9. The Labute approximate surface area is 122 Å². The maximum Gasteiger partial charge on any atom is 0.120 e. The van der Waals surface area contributed by atoms with Crippen molar-refractivity contribution < 1.29 is 14.2 Å². The first-order valence-electron chi connectivity index (χ1n) is 7.44. The van der Waals surface area contributed by atoms with E-state index in [9.17, 15) is 0 Å². The summed E-state index contributed by atoms with van der Waals surface area (Å²) < 4.78 is 16.5. The van der Waals surface area contributed by atoms with Gasteiger partial charge in [0.2, 0.25) is 0 Å². The summed E-state index contributed by atoms with van der Waals surface area (Å²) in [6, 6.07) is 7.75. The average Bonchev–Trinajstić information content (AvgIpc) is 2.45.